The van der Waals surface area contributed by atoms with Crippen LogP contribution in [0.2, 0.25) is 0 Å². The lowest BCUT2D eigenvalue weighted by Gasteiger charge is -2.12. The minimum atomic E-state index is 0.208. The average Bonchev–Trinajstić information content (AvgIpc) is 2.25. The summed E-state index contributed by atoms with van der Waals surface area (Å²) in [5.74, 6) is 0.208. The monoisotopic (exact) mass is 217 g/mol. The van der Waals surface area contributed by atoms with Gasteiger partial charge in [-0.1, -0.05) is 24.3 Å². The summed E-state index contributed by atoms with van der Waals surface area (Å²) in [6, 6.07) is 8.45. The summed E-state index contributed by atoms with van der Waals surface area (Å²) in [5.41, 5.74) is 2.47. The molecule has 2 heteroatoms. The Balaban J connectivity index is 2.49. The molecule has 0 saturated carbocycles. The Morgan fingerprint density at radius 1 is 1.19 bits per heavy atom. The Kier molecular flexibility index (Phi) is 4.77. The fourth-order valence-electron chi connectivity index (χ4n) is 1.40. The maximum absolute atomic E-state index is 10.7. The molecule has 1 rings (SSSR count). The molecule has 0 heterocycles. The predicted octanol–water partition coefficient (Wildman–Crippen LogP) is 2.83. The highest BCUT2D eigenvalue weighted by atomic mass is 16.1. The predicted molar refractivity (Wildman–Crippen MR) is 68.9 cm³/mol. The van der Waals surface area contributed by atoms with Gasteiger partial charge in [-0.05, 0) is 31.0 Å². The van der Waals surface area contributed by atoms with Gasteiger partial charge in [0.2, 0.25) is 0 Å². The minimum Gasteiger partial charge on any atom is -0.378 e. The summed E-state index contributed by atoms with van der Waals surface area (Å²) in [7, 11) is 4.06. The van der Waals surface area contributed by atoms with E-state index in [4.69, 9.17) is 0 Å². The highest BCUT2D eigenvalue weighted by Crippen LogP contribution is 2.12. The topological polar surface area (TPSA) is 20.3 Å². The molecular weight excluding hydrogens is 198 g/mol. The smallest absolute Gasteiger partial charge is 0.133 e. The molecule has 0 amide bonds. The number of carbonyl (C=O) groups excluding carboxylic acids is 1. The Labute approximate surface area is 97.6 Å². The van der Waals surface area contributed by atoms with Crippen molar-refractivity contribution in [1.29, 1.82) is 0 Å². The molecule has 0 unspecified atom stereocenters. The fraction of sp³-hybridized carbons (Fsp3) is 0.357. The van der Waals surface area contributed by atoms with E-state index in [9.17, 15) is 4.79 Å². The Morgan fingerprint density at radius 3 is 2.31 bits per heavy atom. The van der Waals surface area contributed by atoms with Gasteiger partial charge < -0.3 is 4.90 Å². The van der Waals surface area contributed by atoms with Crippen LogP contribution in [0, 0.1) is 0 Å². The molecule has 0 atom stereocenters. The van der Waals surface area contributed by atoms with Crippen molar-refractivity contribution in [3.63, 3.8) is 0 Å². The van der Waals surface area contributed by atoms with Crippen molar-refractivity contribution in [2.24, 2.45) is 0 Å². The number of Topliss-reactive ketones (excluding diaryl/α,β-unsaturated/α-hetero) is 1. The highest BCUT2D eigenvalue weighted by Gasteiger charge is 1.94. The van der Waals surface area contributed by atoms with Gasteiger partial charge in [0.25, 0.3) is 0 Å². The maximum atomic E-state index is 10.7. The van der Waals surface area contributed by atoms with Gasteiger partial charge in [0.05, 0.1) is 0 Å². The summed E-state index contributed by atoms with van der Waals surface area (Å²) in [6.45, 7) is 1.61. The summed E-state index contributed by atoms with van der Waals surface area (Å²) in [4.78, 5) is 12.8. The normalized spacial score (nSPS) is 10.7. The number of rotatable bonds is 5. The van der Waals surface area contributed by atoms with Crippen LogP contribution >= 0.6 is 0 Å². The number of carbonyl (C=O) groups is 1. The van der Waals surface area contributed by atoms with E-state index in [-0.39, 0.29) is 5.78 Å². The molecule has 0 N–H and O–H groups in total. The van der Waals surface area contributed by atoms with E-state index < -0.39 is 0 Å². The lowest BCUT2D eigenvalue weighted by Crippen LogP contribution is -2.08. The third-order valence-electron chi connectivity index (χ3n) is 2.38. The Bertz CT molecular complexity index is 363. The molecule has 0 saturated heterocycles. The van der Waals surface area contributed by atoms with Gasteiger partial charge in [-0.2, -0.15) is 0 Å². The number of ketones is 1. The van der Waals surface area contributed by atoms with E-state index in [1.54, 1.807) is 6.92 Å². The van der Waals surface area contributed by atoms with E-state index >= 15 is 0 Å². The van der Waals surface area contributed by atoms with Crippen molar-refractivity contribution >= 4 is 11.5 Å². The first-order valence-electron chi connectivity index (χ1n) is 5.50. The summed E-state index contributed by atoms with van der Waals surface area (Å²) in [6.07, 6.45) is 5.41. The quantitative estimate of drug-likeness (QED) is 0.707. The molecule has 16 heavy (non-hydrogen) atoms. The SMILES string of the molecule is CC(=O)CC=CCc1ccc(N(C)C)cc1. The van der Waals surface area contributed by atoms with Gasteiger partial charge in [0.1, 0.15) is 5.78 Å². The first-order chi connectivity index (χ1) is 7.59. The van der Waals surface area contributed by atoms with Crippen LogP contribution in [0.1, 0.15) is 18.9 Å². The number of benzene rings is 1. The molecule has 0 aliphatic rings. The molecule has 1 aromatic carbocycles. The van der Waals surface area contributed by atoms with Crippen molar-refractivity contribution in [3.05, 3.63) is 42.0 Å². The van der Waals surface area contributed by atoms with E-state index in [0.29, 0.717) is 6.42 Å². The van der Waals surface area contributed by atoms with E-state index in [0.717, 1.165) is 6.42 Å². The molecule has 1 aromatic rings. The lowest BCUT2D eigenvalue weighted by molar-refractivity contribution is -0.116. The van der Waals surface area contributed by atoms with E-state index in [1.165, 1.54) is 11.3 Å². The van der Waals surface area contributed by atoms with Crippen LogP contribution < -0.4 is 4.90 Å². The van der Waals surface area contributed by atoms with E-state index in [1.807, 2.05) is 26.2 Å². The van der Waals surface area contributed by atoms with Crippen molar-refractivity contribution in [3.8, 4) is 0 Å². The third-order valence-corrected chi connectivity index (χ3v) is 2.38. The third kappa shape index (κ3) is 4.30. The molecule has 0 spiro atoms. The molecule has 0 aliphatic carbocycles. The van der Waals surface area contributed by atoms with Crippen LogP contribution in [0.4, 0.5) is 5.69 Å². The number of allylic oxidation sites excluding steroid dienone is 2. The van der Waals surface area contributed by atoms with Crippen molar-refractivity contribution in [2.45, 2.75) is 19.8 Å². The van der Waals surface area contributed by atoms with Gasteiger partial charge in [-0.3, -0.25) is 4.79 Å². The number of hydrogen-bond donors (Lipinski definition) is 0. The standard InChI is InChI=1S/C14H19NO/c1-12(16)6-4-5-7-13-8-10-14(11-9-13)15(2)3/h4-5,8-11H,6-7H2,1-3H3. The second-order valence-corrected chi connectivity index (χ2v) is 4.14. The highest BCUT2D eigenvalue weighted by molar-refractivity contribution is 5.76. The zero-order valence-electron chi connectivity index (χ0n) is 10.2. The zero-order chi connectivity index (χ0) is 12.0. The first kappa shape index (κ1) is 12.5. The molecule has 2 nitrogen and oxygen atoms in total. The summed E-state index contributed by atoms with van der Waals surface area (Å²) < 4.78 is 0. The van der Waals surface area contributed by atoms with Crippen LogP contribution in [-0.4, -0.2) is 19.9 Å². The first-order valence-corrected chi connectivity index (χ1v) is 5.50. The summed E-state index contributed by atoms with van der Waals surface area (Å²) in [5, 5.41) is 0. The van der Waals surface area contributed by atoms with Gasteiger partial charge >= 0.3 is 0 Å². The number of nitrogens with zero attached hydrogens (tertiary/aromatic N) is 1. The van der Waals surface area contributed by atoms with Gasteiger partial charge in [0.15, 0.2) is 0 Å². The second kappa shape index (κ2) is 6.11. The molecule has 0 aromatic heterocycles. The Morgan fingerprint density at radius 2 is 1.81 bits per heavy atom. The minimum absolute atomic E-state index is 0.208. The van der Waals surface area contributed by atoms with Crippen LogP contribution in [-0.2, 0) is 11.2 Å². The summed E-state index contributed by atoms with van der Waals surface area (Å²) >= 11 is 0. The van der Waals surface area contributed by atoms with Crippen LogP contribution in [0.3, 0.4) is 0 Å². The molecular formula is C14H19NO. The molecule has 86 valence electrons. The Hall–Kier alpha value is -1.57. The number of hydrogen-bond acceptors (Lipinski definition) is 2. The fourth-order valence-corrected chi connectivity index (χ4v) is 1.40. The van der Waals surface area contributed by atoms with Crippen molar-refractivity contribution in [1.82, 2.24) is 0 Å². The van der Waals surface area contributed by atoms with Crippen molar-refractivity contribution in [2.75, 3.05) is 19.0 Å². The average molecular weight is 217 g/mol. The van der Waals surface area contributed by atoms with Gasteiger partial charge in [-0.15, -0.1) is 0 Å². The van der Waals surface area contributed by atoms with Crippen LogP contribution in [0.5, 0.6) is 0 Å². The van der Waals surface area contributed by atoms with Gasteiger partial charge in [-0.25, -0.2) is 0 Å². The van der Waals surface area contributed by atoms with Crippen LogP contribution in [0.15, 0.2) is 36.4 Å². The maximum Gasteiger partial charge on any atom is 0.133 e. The molecule has 0 fully saturated rings. The van der Waals surface area contributed by atoms with E-state index in [2.05, 4.69) is 29.2 Å². The molecule has 0 radical (unpaired) electrons. The lowest BCUT2D eigenvalue weighted by atomic mass is 10.1. The van der Waals surface area contributed by atoms with Crippen molar-refractivity contribution < 1.29 is 4.79 Å². The zero-order valence-corrected chi connectivity index (χ0v) is 10.2. The largest absolute Gasteiger partial charge is 0.378 e. The van der Waals surface area contributed by atoms with Gasteiger partial charge in [0, 0.05) is 26.2 Å². The number of anilines is 1. The second-order valence-electron chi connectivity index (χ2n) is 4.14. The van der Waals surface area contributed by atoms with Crippen LogP contribution in [0.25, 0.3) is 0 Å². The molecule has 0 bridgehead atoms. The molecule has 0 aliphatic heterocycles.